The summed E-state index contributed by atoms with van der Waals surface area (Å²) < 4.78 is 0.999. The third kappa shape index (κ3) is 3.88. The summed E-state index contributed by atoms with van der Waals surface area (Å²) in [5, 5.41) is 0. The van der Waals surface area contributed by atoms with E-state index in [0.717, 1.165) is 35.3 Å². The van der Waals surface area contributed by atoms with E-state index in [4.69, 9.17) is 5.73 Å². The van der Waals surface area contributed by atoms with Gasteiger partial charge in [0.15, 0.2) is 0 Å². The topological polar surface area (TPSA) is 46.3 Å². The molecule has 0 radical (unpaired) electrons. The molecule has 2 rings (SSSR count). The molecule has 106 valence electrons. The van der Waals surface area contributed by atoms with Crippen molar-refractivity contribution in [1.82, 2.24) is 0 Å². The van der Waals surface area contributed by atoms with Crippen LogP contribution in [0.2, 0.25) is 0 Å². The monoisotopic (exact) mass is 364 g/mol. The van der Waals surface area contributed by atoms with E-state index < -0.39 is 0 Å². The van der Waals surface area contributed by atoms with E-state index in [-0.39, 0.29) is 24.4 Å². The van der Waals surface area contributed by atoms with E-state index in [1.54, 1.807) is 11.8 Å². The van der Waals surface area contributed by atoms with Gasteiger partial charge >= 0.3 is 0 Å². The van der Waals surface area contributed by atoms with Gasteiger partial charge in [-0.3, -0.25) is 4.79 Å². The molecule has 1 heterocycles. The summed E-state index contributed by atoms with van der Waals surface area (Å²) in [4.78, 5) is 14.1. The number of amides is 1. The smallest absolute Gasteiger partial charge is 0.243 e. The van der Waals surface area contributed by atoms with Crippen LogP contribution in [0.5, 0.6) is 0 Å². The summed E-state index contributed by atoms with van der Waals surface area (Å²) in [7, 11) is 0. The summed E-state index contributed by atoms with van der Waals surface area (Å²) in [5.41, 5.74) is 8.20. The van der Waals surface area contributed by atoms with E-state index in [0.29, 0.717) is 0 Å². The first-order chi connectivity index (χ1) is 8.63. The quantitative estimate of drug-likeness (QED) is 0.892. The summed E-state index contributed by atoms with van der Waals surface area (Å²) >= 11 is 5.17. The number of benzene rings is 1. The minimum Gasteiger partial charge on any atom is -0.320 e. The first-order valence-electron chi connectivity index (χ1n) is 5.98. The number of carbonyl (C=O) groups excluding carboxylic acids is 1. The van der Waals surface area contributed by atoms with E-state index in [1.165, 1.54) is 5.56 Å². The van der Waals surface area contributed by atoms with Crippen LogP contribution < -0.4 is 10.6 Å². The number of carbonyl (C=O) groups is 1. The molecule has 0 unspecified atom stereocenters. The second-order valence-electron chi connectivity index (χ2n) is 4.40. The van der Waals surface area contributed by atoms with Gasteiger partial charge < -0.3 is 10.6 Å². The molecule has 6 heteroatoms. The molecule has 0 saturated carbocycles. The van der Waals surface area contributed by atoms with Crippen molar-refractivity contribution in [2.24, 2.45) is 5.73 Å². The van der Waals surface area contributed by atoms with Crippen LogP contribution in [0.15, 0.2) is 22.7 Å². The molecule has 0 fully saturated rings. The van der Waals surface area contributed by atoms with Gasteiger partial charge in [-0.05, 0) is 42.5 Å². The van der Waals surface area contributed by atoms with Crippen molar-refractivity contribution in [2.75, 3.05) is 23.5 Å². The van der Waals surface area contributed by atoms with Gasteiger partial charge in [0.05, 0.1) is 6.04 Å². The second kappa shape index (κ2) is 7.53. The Bertz CT molecular complexity index is 458. The standard InChI is InChI=1S/C13H17BrN2OS.ClH/c1-18-7-5-11(15)13(17)16-6-4-9-2-3-10(14)8-12(9)16;/h2-3,8,11H,4-7,15H2,1H3;1H/t11-;/m0./s1. The van der Waals surface area contributed by atoms with Crippen LogP contribution in [0.1, 0.15) is 12.0 Å². The highest BCUT2D eigenvalue weighted by Crippen LogP contribution is 2.31. The Labute approximate surface area is 132 Å². The van der Waals surface area contributed by atoms with Gasteiger partial charge in [0.2, 0.25) is 5.91 Å². The van der Waals surface area contributed by atoms with Crippen LogP contribution in [-0.4, -0.2) is 30.5 Å². The molecule has 1 aromatic carbocycles. The average molecular weight is 366 g/mol. The Morgan fingerprint density at radius 2 is 2.32 bits per heavy atom. The number of halogens is 2. The van der Waals surface area contributed by atoms with E-state index in [9.17, 15) is 4.79 Å². The number of fused-ring (bicyclic) bond motifs is 1. The Hall–Kier alpha value is -0.230. The van der Waals surface area contributed by atoms with Crippen LogP contribution in [0.3, 0.4) is 0 Å². The largest absolute Gasteiger partial charge is 0.320 e. The zero-order valence-corrected chi connectivity index (χ0v) is 14.0. The predicted molar refractivity (Wildman–Crippen MR) is 88.4 cm³/mol. The highest BCUT2D eigenvalue weighted by Gasteiger charge is 2.28. The lowest BCUT2D eigenvalue weighted by molar-refractivity contribution is -0.119. The molecule has 0 spiro atoms. The van der Waals surface area contributed by atoms with Crippen LogP contribution in [0.25, 0.3) is 0 Å². The van der Waals surface area contributed by atoms with Crippen molar-refractivity contribution in [3.63, 3.8) is 0 Å². The normalized spacial score (nSPS) is 14.8. The fourth-order valence-electron chi connectivity index (χ4n) is 2.15. The molecule has 1 aromatic rings. The maximum atomic E-state index is 12.3. The molecule has 0 bridgehead atoms. The zero-order chi connectivity index (χ0) is 13.1. The molecule has 3 nitrogen and oxygen atoms in total. The Morgan fingerprint density at radius 1 is 1.58 bits per heavy atom. The number of thioether (sulfide) groups is 1. The minimum atomic E-state index is -0.387. The Morgan fingerprint density at radius 3 is 3.00 bits per heavy atom. The van der Waals surface area contributed by atoms with Crippen molar-refractivity contribution in [1.29, 1.82) is 0 Å². The number of nitrogens with zero attached hydrogens (tertiary/aromatic N) is 1. The van der Waals surface area contributed by atoms with E-state index >= 15 is 0 Å². The molecule has 1 amide bonds. The fourth-order valence-corrected chi connectivity index (χ4v) is 2.99. The van der Waals surface area contributed by atoms with Crippen LogP contribution in [0, 0.1) is 0 Å². The Balaban J connectivity index is 0.00000180. The number of hydrogen-bond donors (Lipinski definition) is 1. The summed E-state index contributed by atoms with van der Waals surface area (Å²) in [6, 6.07) is 5.70. The van der Waals surface area contributed by atoms with Crippen molar-refractivity contribution >= 4 is 51.7 Å². The zero-order valence-electron chi connectivity index (χ0n) is 10.8. The minimum absolute atomic E-state index is 0. The van der Waals surface area contributed by atoms with Crippen molar-refractivity contribution < 1.29 is 4.79 Å². The molecule has 1 aliphatic rings. The van der Waals surface area contributed by atoms with Crippen molar-refractivity contribution in [3.8, 4) is 0 Å². The Kier molecular flexibility index (Phi) is 6.66. The van der Waals surface area contributed by atoms with E-state index in [2.05, 4.69) is 22.0 Å². The second-order valence-corrected chi connectivity index (χ2v) is 6.30. The summed E-state index contributed by atoms with van der Waals surface area (Å²) in [6.45, 7) is 0.748. The lowest BCUT2D eigenvalue weighted by Gasteiger charge is -2.21. The number of anilines is 1. The van der Waals surface area contributed by atoms with Crippen molar-refractivity contribution in [2.45, 2.75) is 18.9 Å². The molecule has 0 aliphatic carbocycles. The van der Waals surface area contributed by atoms with Gasteiger partial charge in [-0.25, -0.2) is 0 Å². The maximum Gasteiger partial charge on any atom is 0.243 e. The van der Waals surface area contributed by atoms with Crippen LogP contribution in [-0.2, 0) is 11.2 Å². The van der Waals surface area contributed by atoms with Gasteiger partial charge in [0.25, 0.3) is 0 Å². The molecule has 1 atom stereocenters. The first-order valence-corrected chi connectivity index (χ1v) is 8.16. The molecular formula is C13H18BrClN2OS. The van der Waals surface area contributed by atoms with Gasteiger partial charge in [-0.2, -0.15) is 11.8 Å². The van der Waals surface area contributed by atoms with Crippen LogP contribution in [0.4, 0.5) is 5.69 Å². The number of nitrogens with two attached hydrogens (primary N) is 1. The van der Waals surface area contributed by atoms with E-state index in [1.807, 2.05) is 23.3 Å². The van der Waals surface area contributed by atoms with Gasteiger partial charge in [-0.15, -0.1) is 12.4 Å². The maximum absolute atomic E-state index is 12.3. The summed E-state index contributed by atoms with van der Waals surface area (Å²) in [6.07, 6.45) is 3.68. The molecular weight excluding hydrogens is 348 g/mol. The molecule has 0 saturated heterocycles. The number of rotatable bonds is 4. The average Bonchev–Trinajstić information content (AvgIpc) is 2.77. The number of hydrogen-bond acceptors (Lipinski definition) is 3. The highest BCUT2D eigenvalue weighted by atomic mass is 79.9. The molecule has 1 aliphatic heterocycles. The predicted octanol–water partition coefficient (Wildman–Crippen LogP) is 2.84. The highest BCUT2D eigenvalue weighted by molar-refractivity contribution is 9.10. The van der Waals surface area contributed by atoms with Gasteiger partial charge in [0, 0.05) is 16.7 Å². The lowest BCUT2D eigenvalue weighted by Crippen LogP contribution is -2.43. The first kappa shape index (κ1) is 16.8. The third-order valence-electron chi connectivity index (χ3n) is 3.16. The summed E-state index contributed by atoms with van der Waals surface area (Å²) in [5.74, 6) is 0.965. The molecule has 2 N–H and O–H groups in total. The van der Waals surface area contributed by atoms with Crippen molar-refractivity contribution in [3.05, 3.63) is 28.2 Å². The molecule has 0 aromatic heterocycles. The van der Waals surface area contributed by atoms with Crippen LogP contribution >= 0.6 is 40.1 Å². The third-order valence-corrected chi connectivity index (χ3v) is 4.30. The van der Waals surface area contributed by atoms with Gasteiger partial charge in [-0.1, -0.05) is 22.0 Å². The van der Waals surface area contributed by atoms with Gasteiger partial charge in [0.1, 0.15) is 0 Å². The molecule has 19 heavy (non-hydrogen) atoms. The fraction of sp³-hybridized carbons (Fsp3) is 0.462. The lowest BCUT2D eigenvalue weighted by atomic mass is 10.1. The SMILES string of the molecule is CSCC[C@H](N)C(=O)N1CCc2ccc(Br)cc21.Cl.